The zero-order chi connectivity index (χ0) is 20.2. The van der Waals surface area contributed by atoms with E-state index in [0.29, 0.717) is 17.6 Å². The number of nitrogens with zero attached hydrogens (tertiary/aromatic N) is 3. The molecule has 3 heterocycles. The molecular formula is C21H23N5O2S. The van der Waals surface area contributed by atoms with Gasteiger partial charge in [0.05, 0.1) is 22.7 Å². The van der Waals surface area contributed by atoms with Gasteiger partial charge in [-0.3, -0.25) is 4.79 Å². The van der Waals surface area contributed by atoms with E-state index >= 15 is 0 Å². The number of aromatic nitrogens is 3. The highest BCUT2D eigenvalue weighted by atomic mass is 32.1. The van der Waals surface area contributed by atoms with Gasteiger partial charge in [-0.15, -0.1) is 11.3 Å². The summed E-state index contributed by atoms with van der Waals surface area (Å²) in [4.78, 5) is 26.0. The number of methoxy groups -OCH3 is 1. The van der Waals surface area contributed by atoms with Crippen LogP contribution < -0.4 is 15.8 Å². The number of primary amides is 1. The van der Waals surface area contributed by atoms with Gasteiger partial charge in [0.15, 0.2) is 0 Å². The van der Waals surface area contributed by atoms with Gasteiger partial charge < -0.3 is 15.8 Å². The van der Waals surface area contributed by atoms with Crippen LogP contribution in [0.25, 0.3) is 10.6 Å². The molecule has 3 aromatic rings. The first kappa shape index (κ1) is 19.3. The topological polar surface area (TPSA) is 103 Å². The Morgan fingerprint density at radius 1 is 1.17 bits per heavy atom. The lowest BCUT2D eigenvalue weighted by molar-refractivity contribution is -0.122. The monoisotopic (exact) mass is 409 g/mol. The number of anilines is 2. The summed E-state index contributed by atoms with van der Waals surface area (Å²) in [7, 11) is 1.62. The van der Waals surface area contributed by atoms with Gasteiger partial charge in [0.2, 0.25) is 5.91 Å². The molecule has 0 unspecified atom stereocenters. The Balaban J connectivity index is 1.47. The molecule has 1 aliphatic carbocycles. The van der Waals surface area contributed by atoms with Crippen LogP contribution in [-0.4, -0.2) is 28.0 Å². The lowest BCUT2D eigenvalue weighted by atomic mass is 9.82. The van der Waals surface area contributed by atoms with Crippen molar-refractivity contribution < 1.29 is 9.53 Å². The van der Waals surface area contributed by atoms with Crippen molar-refractivity contribution in [3.8, 4) is 16.3 Å². The van der Waals surface area contributed by atoms with Crippen molar-refractivity contribution >= 4 is 28.9 Å². The third kappa shape index (κ3) is 4.54. The maximum Gasteiger partial charge on any atom is 0.220 e. The Labute approximate surface area is 173 Å². The van der Waals surface area contributed by atoms with Crippen LogP contribution in [0, 0.1) is 5.92 Å². The number of nitrogens with one attached hydrogen (secondary N) is 1. The third-order valence-corrected chi connectivity index (χ3v) is 6.41. The highest BCUT2D eigenvalue weighted by Crippen LogP contribution is 2.39. The Morgan fingerprint density at radius 2 is 2.00 bits per heavy atom. The van der Waals surface area contributed by atoms with Crippen molar-refractivity contribution in [2.75, 3.05) is 12.4 Å². The molecule has 1 saturated carbocycles. The molecule has 0 aliphatic heterocycles. The van der Waals surface area contributed by atoms with Crippen LogP contribution in [-0.2, 0) is 4.79 Å². The zero-order valence-corrected chi connectivity index (χ0v) is 17.0. The second kappa shape index (κ2) is 8.57. The number of carbonyl (C=O) groups is 1. The molecule has 0 atom stereocenters. The number of hydrogen-bond donors (Lipinski definition) is 2. The molecule has 3 aromatic heterocycles. The number of carbonyl (C=O) groups excluding carboxylic acids is 1. The number of rotatable bonds is 6. The molecular weight excluding hydrogens is 386 g/mol. The number of ether oxygens (including phenoxy) is 1. The second-order valence-electron chi connectivity index (χ2n) is 7.13. The molecule has 7 nitrogen and oxygen atoms in total. The van der Waals surface area contributed by atoms with Crippen LogP contribution in [0.3, 0.4) is 0 Å². The van der Waals surface area contributed by atoms with Gasteiger partial charge in [-0.25, -0.2) is 15.0 Å². The van der Waals surface area contributed by atoms with Crippen LogP contribution in [0.15, 0.2) is 42.7 Å². The Bertz CT molecular complexity index is 998. The molecule has 0 saturated heterocycles. The molecule has 0 aromatic carbocycles. The van der Waals surface area contributed by atoms with Crippen molar-refractivity contribution in [2.24, 2.45) is 11.7 Å². The fourth-order valence-corrected chi connectivity index (χ4v) is 4.66. The number of amides is 1. The number of thiazole rings is 1. The first-order chi connectivity index (χ1) is 14.1. The van der Waals surface area contributed by atoms with E-state index < -0.39 is 0 Å². The summed E-state index contributed by atoms with van der Waals surface area (Å²) in [5.41, 5.74) is 6.31. The van der Waals surface area contributed by atoms with Crippen LogP contribution >= 0.6 is 11.3 Å². The van der Waals surface area contributed by atoms with E-state index in [9.17, 15) is 4.79 Å². The van der Waals surface area contributed by atoms with Crippen molar-refractivity contribution in [3.05, 3.63) is 47.7 Å². The van der Waals surface area contributed by atoms with E-state index in [1.807, 2.05) is 30.5 Å². The molecule has 0 spiro atoms. The first-order valence-electron chi connectivity index (χ1n) is 9.62. The lowest BCUT2D eigenvalue weighted by Crippen LogP contribution is -2.27. The smallest absolute Gasteiger partial charge is 0.220 e. The standard InChI is InChI=1S/C21H23N5O2S/c1-28-15-9-10-23-19(11-15)26-18-4-2-3-16(25-18)17-12-24-21(29-17)14-7-5-13(6-8-14)20(22)27/h2-4,9-14H,5-8H2,1H3,(H2,22,27)(H,23,25,26). The molecule has 0 radical (unpaired) electrons. The molecule has 29 heavy (non-hydrogen) atoms. The second-order valence-corrected chi connectivity index (χ2v) is 8.19. The minimum Gasteiger partial charge on any atom is -0.497 e. The van der Waals surface area contributed by atoms with Crippen molar-refractivity contribution in [1.29, 1.82) is 0 Å². The minimum atomic E-state index is -0.178. The van der Waals surface area contributed by atoms with Crippen LogP contribution in [0.1, 0.15) is 36.6 Å². The van der Waals surface area contributed by atoms with E-state index in [2.05, 4.69) is 15.3 Å². The predicted molar refractivity (Wildman–Crippen MR) is 113 cm³/mol. The number of hydrogen-bond acceptors (Lipinski definition) is 7. The molecule has 1 fully saturated rings. The molecule has 8 heteroatoms. The van der Waals surface area contributed by atoms with E-state index in [1.54, 1.807) is 30.7 Å². The summed E-state index contributed by atoms with van der Waals surface area (Å²) in [5, 5.41) is 4.32. The van der Waals surface area contributed by atoms with Gasteiger partial charge in [0, 0.05) is 30.3 Å². The highest BCUT2D eigenvalue weighted by molar-refractivity contribution is 7.15. The van der Waals surface area contributed by atoms with E-state index in [0.717, 1.165) is 47.0 Å². The summed E-state index contributed by atoms with van der Waals surface area (Å²) < 4.78 is 5.23. The van der Waals surface area contributed by atoms with Gasteiger partial charge in [-0.1, -0.05) is 6.07 Å². The lowest BCUT2D eigenvalue weighted by Gasteiger charge is -2.24. The highest BCUT2D eigenvalue weighted by Gasteiger charge is 2.27. The van der Waals surface area contributed by atoms with Crippen molar-refractivity contribution in [1.82, 2.24) is 15.0 Å². The van der Waals surface area contributed by atoms with Crippen LogP contribution in [0.2, 0.25) is 0 Å². The molecule has 3 N–H and O–H groups in total. The van der Waals surface area contributed by atoms with Crippen molar-refractivity contribution in [3.63, 3.8) is 0 Å². The summed E-state index contributed by atoms with van der Waals surface area (Å²) in [5.74, 6) is 2.34. The fourth-order valence-electron chi connectivity index (χ4n) is 3.60. The first-order valence-corrected chi connectivity index (χ1v) is 10.4. The molecule has 4 rings (SSSR count). The summed E-state index contributed by atoms with van der Waals surface area (Å²) in [6.07, 6.45) is 7.18. The number of pyridine rings is 2. The Kier molecular flexibility index (Phi) is 5.71. The number of nitrogens with two attached hydrogens (primary N) is 1. The van der Waals surface area contributed by atoms with Crippen LogP contribution in [0.5, 0.6) is 5.75 Å². The van der Waals surface area contributed by atoms with E-state index in [1.165, 1.54) is 0 Å². The van der Waals surface area contributed by atoms with Gasteiger partial charge >= 0.3 is 0 Å². The third-order valence-electron chi connectivity index (χ3n) is 5.23. The molecule has 0 bridgehead atoms. The van der Waals surface area contributed by atoms with Gasteiger partial charge in [-0.2, -0.15) is 0 Å². The summed E-state index contributed by atoms with van der Waals surface area (Å²) in [6, 6.07) is 9.46. The molecule has 150 valence electrons. The average Bonchev–Trinajstić information content (AvgIpc) is 3.24. The maximum atomic E-state index is 11.4. The summed E-state index contributed by atoms with van der Waals surface area (Å²) >= 11 is 1.67. The summed E-state index contributed by atoms with van der Waals surface area (Å²) in [6.45, 7) is 0. The quantitative estimate of drug-likeness (QED) is 0.635. The molecule has 1 amide bonds. The Hall–Kier alpha value is -3.00. The van der Waals surface area contributed by atoms with E-state index in [-0.39, 0.29) is 11.8 Å². The minimum absolute atomic E-state index is 0.0142. The largest absolute Gasteiger partial charge is 0.497 e. The van der Waals surface area contributed by atoms with Gasteiger partial charge in [0.25, 0.3) is 0 Å². The van der Waals surface area contributed by atoms with Crippen molar-refractivity contribution in [2.45, 2.75) is 31.6 Å². The Morgan fingerprint density at radius 3 is 2.76 bits per heavy atom. The normalized spacial score (nSPS) is 18.9. The van der Waals surface area contributed by atoms with Crippen LogP contribution in [0.4, 0.5) is 11.6 Å². The van der Waals surface area contributed by atoms with E-state index in [4.69, 9.17) is 15.5 Å². The maximum absolute atomic E-state index is 11.4. The average molecular weight is 410 g/mol. The predicted octanol–water partition coefficient (Wildman–Crippen LogP) is 4.11. The van der Waals surface area contributed by atoms with Gasteiger partial charge in [0.1, 0.15) is 17.4 Å². The SMILES string of the molecule is COc1ccnc(Nc2cccc(-c3cnc(C4CCC(C(N)=O)CC4)s3)n2)c1. The molecule has 1 aliphatic rings. The van der Waals surface area contributed by atoms with Gasteiger partial charge in [-0.05, 0) is 43.9 Å². The fraction of sp³-hybridized carbons (Fsp3) is 0.333. The zero-order valence-electron chi connectivity index (χ0n) is 16.2.